The Morgan fingerprint density at radius 3 is 2.49 bits per heavy atom. The van der Waals surface area contributed by atoms with E-state index in [1.165, 1.54) is 12.5 Å². The number of sulfonamides is 1. The fourth-order valence-corrected chi connectivity index (χ4v) is 7.13. The Kier molecular flexibility index (Phi) is 6.44. The van der Waals surface area contributed by atoms with Crippen LogP contribution in [-0.4, -0.2) is 39.4 Å². The van der Waals surface area contributed by atoms with Gasteiger partial charge >= 0.3 is 0 Å². The molecule has 0 bridgehead atoms. The van der Waals surface area contributed by atoms with Crippen molar-refractivity contribution in [3.8, 4) is 0 Å². The van der Waals surface area contributed by atoms with Crippen LogP contribution in [0.15, 0.2) is 47.4 Å². The van der Waals surface area contributed by atoms with Crippen LogP contribution in [0.3, 0.4) is 0 Å². The third-order valence-corrected chi connectivity index (χ3v) is 9.25. The Hall–Kier alpha value is -2.71. The molecule has 1 fully saturated rings. The van der Waals surface area contributed by atoms with E-state index >= 15 is 0 Å². The number of hydrogen-bond acceptors (Lipinski definition) is 4. The van der Waals surface area contributed by atoms with Crippen molar-refractivity contribution >= 4 is 33.2 Å². The van der Waals surface area contributed by atoms with Crippen molar-refractivity contribution in [1.82, 2.24) is 4.72 Å². The predicted octanol–water partition coefficient (Wildman–Crippen LogP) is 3.66. The second kappa shape index (κ2) is 9.39. The summed E-state index contributed by atoms with van der Waals surface area (Å²) in [5, 5.41) is 0. The van der Waals surface area contributed by atoms with Crippen LogP contribution in [0.5, 0.6) is 0 Å². The second-order valence-corrected chi connectivity index (χ2v) is 11.9. The lowest BCUT2D eigenvalue weighted by atomic mass is 9.81. The summed E-state index contributed by atoms with van der Waals surface area (Å²) < 4.78 is 28.8. The number of benzene rings is 2. The molecule has 2 aromatic rings. The van der Waals surface area contributed by atoms with Gasteiger partial charge in [0, 0.05) is 43.3 Å². The SMILES string of the molecule is CC(=O)N1c2ccc(S(=O)(=O)NCC3CCC(C(=O)N4CCc5ccccc54)CC3)cc2CC1C. The van der Waals surface area contributed by atoms with Gasteiger partial charge in [-0.1, -0.05) is 18.2 Å². The third kappa shape index (κ3) is 4.61. The van der Waals surface area contributed by atoms with E-state index in [9.17, 15) is 18.0 Å². The van der Waals surface area contributed by atoms with Crippen LogP contribution in [0.4, 0.5) is 11.4 Å². The number of carbonyl (C=O) groups excluding carboxylic acids is 2. The molecule has 0 radical (unpaired) electrons. The van der Waals surface area contributed by atoms with E-state index in [0.29, 0.717) is 13.0 Å². The largest absolute Gasteiger partial charge is 0.312 e. The lowest BCUT2D eigenvalue weighted by Gasteiger charge is -2.30. The zero-order chi connectivity index (χ0) is 24.7. The molecule has 1 unspecified atom stereocenters. The Morgan fingerprint density at radius 1 is 1.00 bits per heavy atom. The molecule has 2 amide bonds. The summed E-state index contributed by atoms with van der Waals surface area (Å²) in [4.78, 5) is 29.0. The summed E-state index contributed by atoms with van der Waals surface area (Å²) in [6, 6.07) is 13.2. The van der Waals surface area contributed by atoms with Gasteiger partial charge < -0.3 is 9.80 Å². The molecule has 7 nitrogen and oxygen atoms in total. The normalized spacial score (nSPS) is 23.8. The standard InChI is InChI=1S/C27H33N3O4S/c1-18-15-23-16-24(11-12-26(23)30(18)19(2)31)35(33,34)28-17-20-7-9-22(10-8-20)27(32)29-14-13-21-5-3-4-6-25(21)29/h3-6,11-12,16,18,20,22,28H,7-10,13-15,17H2,1-2H3. The molecule has 1 atom stereocenters. The zero-order valence-electron chi connectivity index (χ0n) is 20.4. The molecule has 186 valence electrons. The van der Waals surface area contributed by atoms with Crippen LogP contribution in [0, 0.1) is 11.8 Å². The molecule has 8 heteroatoms. The molecule has 1 aliphatic carbocycles. The van der Waals surface area contributed by atoms with Crippen LogP contribution in [0.1, 0.15) is 50.7 Å². The molecular formula is C27H33N3O4S. The number of carbonyl (C=O) groups is 2. The van der Waals surface area contributed by atoms with E-state index in [2.05, 4.69) is 10.8 Å². The fourth-order valence-electron chi connectivity index (χ4n) is 5.97. The van der Waals surface area contributed by atoms with Gasteiger partial charge in [-0.25, -0.2) is 13.1 Å². The van der Waals surface area contributed by atoms with Gasteiger partial charge in [0.25, 0.3) is 0 Å². The van der Waals surface area contributed by atoms with Crippen LogP contribution in [0.2, 0.25) is 0 Å². The number of para-hydroxylation sites is 1. The maximum Gasteiger partial charge on any atom is 0.240 e. The molecule has 3 aliphatic rings. The van der Waals surface area contributed by atoms with Gasteiger partial charge in [0.05, 0.1) is 4.90 Å². The maximum absolute atomic E-state index is 13.1. The first-order valence-corrected chi connectivity index (χ1v) is 14.0. The van der Waals surface area contributed by atoms with Crippen LogP contribution < -0.4 is 14.5 Å². The predicted molar refractivity (Wildman–Crippen MR) is 136 cm³/mol. The molecule has 2 aromatic carbocycles. The average molecular weight is 496 g/mol. The van der Waals surface area contributed by atoms with E-state index in [-0.39, 0.29) is 34.6 Å². The lowest BCUT2D eigenvalue weighted by Crippen LogP contribution is -2.38. The van der Waals surface area contributed by atoms with Gasteiger partial charge in [-0.05, 0) is 86.8 Å². The van der Waals surface area contributed by atoms with Crippen molar-refractivity contribution in [1.29, 1.82) is 0 Å². The fraction of sp³-hybridized carbons (Fsp3) is 0.481. The van der Waals surface area contributed by atoms with Crippen molar-refractivity contribution in [2.45, 2.75) is 63.3 Å². The number of nitrogens with one attached hydrogen (secondary N) is 1. The second-order valence-electron chi connectivity index (χ2n) is 10.2. The first-order valence-electron chi connectivity index (χ1n) is 12.6. The minimum Gasteiger partial charge on any atom is -0.312 e. The highest BCUT2D eigenvalue weighted by Gasteiger charge is 2.34. The monoisotopic (exact) mass is 495 g/mol. The molecular weight excluding hydrogens is 462 g/mol. The van der Waals surface area contributed by atoms with Gasteiger partial charge in [0.1, 0.15) is 0 Å². The topological polar surface area (TPSA) is 86.8 Å². The van der Waals surface area contributed by atoms with Crippen LogP contribution >= 0.6 is 0 Å². The number of amides is 2. The highest BCUT2D eigenvalue weighted by atomic mass is 32.2. The molecule has 1 N–H and O–H groups in total. The van der Waals surface area contributed by atoms with Gasteiger partial charge in [-0.2, -0.15) is 0 Å². The number of anilines is 2. The van der Waals surface area contributed by atoms with Gasteiger partial charge in [-0.3, -0.25) is 9.59 Å². The van der Waals surface area contributed by atoms with Crippen LogP contribution in [0.25, 0.3) is 0 Å². The summed E-state index contributed by atoms with van der Waals surface area (Å²) in [5.41, 5.74) is 3.96. The molecule has 1 saturated carbocycles. The minimum absolute atomic E-state index is 0.0111. The summed E-state index contributed by atoms with van der Waals surface area (Å²) in [7, 11) is -3.64. The van der Waals surface area contributed by atoms with Crippen molar-refractivity contribution in [2.24, 2.45) is 11.8 Å². The smallest absolute Gasteiger partial charge is 0.240 e. The zero-order valence-corrected chi connectivity index (χ0v) is 21.2. The summed E-state index contributed by atoms with van der Waals surface area (Å²) in [5.74, 6) is 0.410. The molecule has 2 aliphatic heterocycles. The van der Waals surface area contributed by atoms with E-state index in [1.807, 2.05) is 30.0 Å². The average Bonchev–Trinajstić information content (AvgIpc) is 3.42. The van der Waals surface area contributed by atoms with Crippen molar-refractivity contribution in [3.05, 3.63) is 53.6 Å². The number of fused-ring (bicyclic) bond motifs is 2. The number of nitrogens with zero attached hydrogens (tertiary/aromatic N) is 2. The molecule has 5 rings (SSSR count). The van der Waals surface area contributed by atoms with E-state index in [1.54, 1.807) is 23.1 Å². The van der Waals surface area contributed by atoms with Gasteiger partial charge in [0.2, 0.25) is 21.8 Å². The number of rotatable bonds is 5. The van der Waals surface area contributed by atoms with Gasteiger partial charge in [0.15, 0.2) is 0 Å². The Bertz CT molecular complexity index is 1250. The highest BCUT2D eigenvalue weighted by molar-refractivity contribution is 7.89. The van der Waals surface area contributed by atoms with Crippen molar-refractivity contribution in [2.75, 3.05) is 22.9 Å². The number of hydrogen-bond donors (Lipinski definition) is 1. The third-order valence-electron chi connectivity index (χ3n) is 7.83. The minimum atomic E-state index is -3.64. The summed E-state index contributed by atoms with van der Waals surface area (Å²) in [6.45, 7) is 4.63. The van der Waals surface area contributed by atoms with Crippen molar-refractivity contribution < 1.29 is 18.0 Å². The molecule has 35 heavy (non-hydrogen) atoms. The molecule has 0 spiro atoms. The Morgan fingerprint density at radius 2 is 1.74 bits per heavy atom. The molecule has 0 aromatic heterocycles. The van der Waals surface area contributed by atoms with E-state index < -0.39 is 10.0 Å². The van der Waals surface area contributed by atoms with Crippen LogP contribution in [-0.2, 0) is 32.5 Å². The first-order chi connectivity index (χ1) is 16.7. The quantitative estimate of drug-likeness (QED) is 0.686. The van der Waals surface area contributed by atoms with Crippen molar-refractivity contribution in [3.63, 3.8) is 0 Å². The maximum atomic E-state index is 13.1. The Labute approximate surface area is 207 Å². The Balaban J connectivity index is 1.16. The summed E-state index contributed by atoms with van der Waals surface area (Å²) in [6.07, 6.45) is 4.82. The van der Waals surface area contributed by atoms with Gasteiger partial charge in [-0.15, -0.1) is 0 Å². The van der Waals surface area contributed by atoms with E-state index in [4.69, 9.17) is 0 Å². The first kappa shape index (κ1) is 24.0. The van der Waals surface area contributed by atoms with E-state index in [0.717, 1.165) is 55.6 Å². The highest BCUT2D eigenvalue weighted by Crippen LogP contribution is 2.36. The molecule has 0 saturated heterocycles. The lowest BCUT2D eigenvalue weighted by molar-refractivity contribution is -0.123. The molecule has 2 heterocycles. The summed E-state index contributed by atoms with van der Waals surface area (Å²) >= 11 is 0.